The van der Waals surface area contributed by atoms with Gasteiger partial charge in [-0.05, 0) is 19.3 Å². The van der Waals surface area contributed by atoms with Gasteiger partial charge in [-0.1, -0.05) is 0 Å². The van der Waals surface area contributed by atoms with Crippen LogP contribution in [0.3, 0.4) is 0 Å². The highest BCUT2D eigenvalue weighted by Gasteiger charge is 2.39. The van der Waals surface area contributed by atoms with Crippen molar-refractivity contribution in [2.45, 2.75) is 30.3 Å². The summed E-state index contributed by atoms with van der Waals surface area (Å²) in [5, 5.41) is -0.0363. The highest BCUT2D eigenvalue weighted by molar-refractivity contribution is 7.89. The summed E-state index contributed by atoms with van der Waals surface area (Å²) in [6.07, 6.45) is 4.88. The lowest BCUT2D eigenvalue weighted by Gasteiger charge is -2.31. The number of aryl methyl sites for hydroxylation is 1. The van der Waals surface area contributed by atoms with Gasteiger partial charge in [0.1, 0.15) is 6.04 Å². The third-order valence-corrected chi connectivity index (χ3v) is 4.98. The van der Waals surface area contributed by atoms with Gasteiger partial charge >= 0.3 is 5.97 Å². The standard InChI is InChI=1S/C11H17N3O4S/c1-13-7-10(12-8-13)19(16,17)14-6-4-3-5-9(14)11(15)18-2/h7-9H,3-6H2,1-2H3. The van der Waals surface area contributed by atoms with Crippen molar-refractivity contribution < 1.29 is 17.9 Å². The second-order valence-electron chi connectivity index (χ2n) is 4.53. The number of esters is 1. The van der Waals surface area contributed by atoms with Crippen molar-refractivity contribution in [3.8, 4) is 0 Å². The topological polar surface area (TPSA) is 81.5 Å². The Labute approximate surface area is 112 Å². The summed E-state index contributed by atoms with van der Waals surface area (Å²) in [6, 6.07) is -0.745. The molecule has 1 aliphatic heterocycles. The molecule has 7 nitrogen and oxygen atoms in total. The van der Waals surface area contributed by atoms with Crippen LogP contribution in [0.25, 0.3) is 0 Å². The number of ether oxygens (including phenoxy) is 1. The minimum atomic E-state index is -3.74. The second-order valence-corrected chi connectivity index (χ2v) is 6.37. The molecule has 1 fully saturated rings. The zero-order valence-corrected chi connectivity index (χ0v) is 11.8. The van der Waals surface area contributed by atoms with Crippen molar-refractivity contribution in [3.63, 3.8) is 0 Å². The van der Waals surface area contributed by atoms with E-state index >= 15 is 0 Å². The third-order valence-electron chi connectivity index (χ3n) is 3.18. The lowest BCUT2D eigenvalue weighted by atomic mass is 10.1. The number of hydrogen-bond donors (Lipinski definition) is 0. The Morgan fingerprint density at radius 2 is 2.21 bits per heavy atom. The predicted octanol–water partition coefficient (Wildman–Crippen LogP) is 0.136. The van der Waals surface area contributed by atoms with Crippen molar-refractivity contribution in [2.75, 3.05) is 13.7 Å². The van der Waals surface area contributed by atoms with Crippen molar-refractivity contribution >= 4 is 16.0 Å². The van der Waals surface area contributed by atoms with Crippen LogP contribution in [0.15, 0.2) is 17.6 Å². The lowest BCUT2D eigenvalue weighted by molar-refractivity contribution is -0.146. The first-order valence-electron chi connectivity index (χ1n) is 6.04. The van der Waals surface area contributed by atoms with Gasteiger partial charge < -0.3 is 9.30 Å². The average molecular weight is 287 g/mol. The molecule has 2 heterocycles. The lowest BCUT2D eigenvalue weighted by Crippen LogP contribution is -2.48. The van der Waals surface area contributed by atoms with Crippen LogP contribution in [0, 0.1) is 0 Å². The Morgan fingerprint density at radius 1 is 1.47 bits per heavy atom. The minimum Gasteiger partial charge on any atom is -0.468 e. The maximum atomic E-state index is 12.5. The summed E-state index contributed by atoms with van der Waals surface area (Å²) in [5.41, 5.74) is 0. The van der Waals surface area contributed by atoms with Gasteiger partial charge in [0.2, 0.25) is 0 Å². The molecule has 0 spiro atoms. The predicted molar refractivity (Wildman–Crippen MR) is 66.8 cm³/mol. The van der Waals surface area contributed by atoms with Gasteiger partial charge in [0.05, 0.1) is 13.4 Å². The number of piperidine rings is 1. The van der Waals surface area contributed by atoms with E-state index in [1.165, 1.54) is 23.9 Å². The molecule has 1 unspecified atom stereocenters. The average Bonchev–Trinajstić information content (AvgIpc) is 2.85. The van der Waals surface area contributed by atoms with Gasteiger partial charge in [-0.2, -0.15) is 4.31 Å². The highest BCUT2D eigenvalue weighted by Crippen LogP contribution is 2.25. The normalized spacial score (nSPS) is 21.3. The summed E-state index contributed by atoms with van der Waals surface area (Å²) in [7, 11) is -0.784. The smallest absolute Gasteiger partial charge is 0.324 e. The zero-order valence-electron chi connectivity index (χ0n) is 10.9. The van der Waals surface area contributed by atoms with Crippen LogP contribution in [0.5, 0.6) is 0 Å². The molecule has 1 aromatic rings. The van der Waals surface area contributed by atoms with Crippen molar-refractivity contribution in [1.29, 1.82) is 0 Å². The first-order chi connectivity index (χ1) is 8.96. The van der Waals surface area contributed by atoms with Crippen LogP contribution >= 0.6 is 0 Å². The maximum Gasteiger partial charge on any atom is 0.324 e. The van der Waals surface area contributed by atoms with Crippen LogP contribution in [0.4, 0.5) is 0 Å². The van der Waals surface area contributed by atoms with Crippen LogP contribution < -0.4 is 0 Å². The molecule has 1 atom stereocenters. The molecule has 1 aliphatic rings. The molecule has 0 aromatic carbocycles. The van der Waals surface area contributed by atoms with Crippen LogP contribution in [-0.4, -0.2) is 47.9 Å². The fourth-order valence-electron chi connectivity index (χ4n) is 2.21. The van der Waals surface area contributed by atoms with Gasteiger partial charge in [0.15, 0.2) is 5.03 Å². The van der Waals surface area contributed by atoms with Gasteiger partial charge in [-0.3, -0.25) is 4.79 Å². The fraction of sp³-hybridized carbons (Fsp3) is 0.636. The van der Waals surface area contributed by atoms with Crippen LogP contribution in [-0.2, 0) is 26.6 Å². The second kappa shape index (κ2) is 5.30. The first-order valence-corrected chi connectivity index (χ1v) is 7.48. The SMILES string of the molecule is COC(=O)C1CCCCN1S(=O)(=O)c1cn(C)cn1. The molecule has 0 aliphatic carbocycles. The van der Waals surface area contributed by atoms with E-state index in [-0.39, 0.29) is 5.03 Å². The number of aromatic nitrogens is 2. The van der Waals surface area contributed by atoms with E-state index in [9.17, 15) is 13.2 Å². The van der Waals surface area contributed by atoms with E-state index in [2.05, 4.69) is 9.72 Å². The van der Waals surface area contributed by atoms with E-state index in [0.717, 1.165) is 12.8 Å². The summed E-state index contributed by atoms with van der Waals surface area (Å²) < 4.78 is 32.4. The van der Waals surface area contributed by atoms with Crippen molar-refractivity contribution in [1.82, 2.24) is 13.9 Å². The number of imidazole rings is 1. The van der Waals surface area contributed by atoms with E-state index in [1.807, 2.05) is 0 Å². The number of nitrogens with zero attached hydrogens (tertiary/aromatic N) is 3. The number of hydrogen-bond acceptors (Lipinski definition) is 5. The quantitative estimate of drug-likeness (QED) is 0.738. The molecule has 1 saturated heterocycles. The van der Waals surface area contributed by atoms with Gasteiger partial charge in [0.25, 0.3) is 10.0 Å². The molecule has 0 N–H and O–H groups in total. The van der Waals surface area contributed by atoms with Crippen LogP contribution in [0.1, 0.15) is 19.3 Å². The Morgan fingerprint density at radius 3 is 2.79 bits per heavy atom. The Hall–Kier alpha value is -1.41. The summed E-state index contributed by atoms with van der Waals surface area (Å²) >= 11 is 0. The van der Waals surface area contributed by atoms with Crippen molar-refractivity contribution in [2.24, 2.45) is 7.05 Å². The Balaban J connectivity index is 2.34. The summed E-state index contributed by atoms with van der Waals surface area (Å²) in [6.45, 7) is 0.318. The zero-order chi connectivity index (χ0) is 14.0. The first kappa shape index (κ1) is 14.0. The fourth-order valence-corrected chi connectivity index (χ4v) is 3.82. The molecule has 8 heteroatoms. The molecule has 1 aromatic heterocycles. The molecule has 0 amide bonds. The van der Waals surface area contributed by atoms with Gasteiger partial charge in [-0.15, -0.1) is 0 Å². The summed E-state index contributed by atoms with van der Waals surface area (Å²) in [5.74, 6) is -0.515. The number of sulfonamides is 1. The number of rotatable bonds is 3. The molecular weight excluding hydrogens is 270 g/mol. The van der Waals surface area contributed by atoms with E-state index in [4.69, 9.17) is 0 Å². The molecule has 0 saturated carbocycles. The third kappa shape index (κ3) is 2.64. The largest absolute Gasteiger partial charge is 0.468 e. The van der Waals surface area contributed by atoms with Crippen molar-refractivity contribution in [3.05, 3.63) is 12.5 Å². The van der Waals surface area contributed by atoms with Gasteiger partial charge in [-0.25, -0.2) is 13.4 Å². The minimum absolute atomic E-state index is 0.0363. The molecule has 106 valence electrons. The number of carbonyl (C=O) groups is 1. The molecule has 0 bridgehead atoms. The molecule has 2 rings (SSSR count). The number of methoxy groups -OCH3 is 1. The van der Waals surface area contributed by atoms with E-state index in [0.29, 0.717) is 13.0 Å². The maximum absolute atomic E-state index is 12.5. The molecular formula is C11H17N3O4S. The Bertz CT molecular complexity index is 566. The van der Waals surface area contributed by atoms with E-state index in [1.54, 1.807) is 11.6 Å². The van der Waals surface area contributed by atoms with E-state index < -0.39 is 22.0 Å². The Kier molecular flexibility index (Phi) is 3.91. The van der Waals surface area contributed by atoms with Crippen LogP contribution in [0.2, 0.25) is 0 Å². The monoisotopic (exact) mass is 287 g/mol. The molecule has 0 radical (unpaired) electrons. The van der Waals surface area contributed by atoms with Gasteiger partial charge in [0, 0.05) is 19.8 Å². The summed E-state index contributed by atoms with van der Waals surface area (Å²) in [4.78, 5) is 15.6. The number of carbonyl (C=O) groups excluding carboxylic acids is 1. The highest BCUT2D eigenvalue weighted by atomic mass is 32.2. The molecule has 19 heavy (non-hydrogen) atoms.